The second-order valence-electron chi connectivity index (χ2n) is 4.94. The monoisotopic (exact) mass is 307 g/mol. The molecule has 0 unspecified atom stereocenters. The van der Waals surface area contributed by atoms with E-state index < -0.39 is 0 Å². The van der Waals surface area contributed by atoms with Crippen LogP contribution in [0.15, 0.2) is 24.3 Å². The molecule has 1 aromatic heterocycles. The Morgan fingerprint density at radius 1 is 1.17 bits per heavy atom. The van der Waals surface area contributed by atoms with Gasteiger partial charge in [-0.25, -0.2) is 0 Å². The number of alkyl halides is 1. The van der Waals surface area contributed by atoms with Gasteiger partial charge in [-0.1, -0.05) is 59.6 Å². The molecule has 96 valence electrons. The number of nitrogens with zero attached hydrogens (tertiary/aromatic N) is 3. The van der Waals surface area contributed by atoms with Crippen LogP contribution in [0.25, 0.3) is 11.4 Å². The van der Waals surface area contributed by atoms with Gasteiger partial charge in [0.05, 0.1) is 5.33 Å². The second kappa shape index (κ2) is 5.65. The summed E-state index contributed by atoms with van der Waals surface area (Å²) in [6.45, 7) is 7.44. The van der Waals surface area contributed by atoms with E-state index in [0.29, 0.717) is 5.92 Å². The molecule has 2 rings (SSSR count). The maximum atomic E-state index is 4.32. The van der Waals surface area contributed by atoms with Gasteiger partial charge >= 0.3 is 0 Å². The lowest BCUT2D eigenvalue weighted by Crippen LogP contribution is -2.09. The Morgan fingerprint density at radius 2 is 1.83 bits per heavy atom. The number of hydrogen-bond donors (Lipinski definition) is 0. The molecule has 0 aliphatic heterocycles. The van der Waals surface area contributed by atoms with Crippen LogP contribution in [0, 0.1) is 12.8 Å². The molecule has 2 aromatic rings. The van der Waals surface area contributed by atoms with Crippen LogP contribution < -0.4 is 0 Å². The number of aryl methyl sites for hydroxylation is 1. The molecule has 0 fully saturated rings. The Balaban J connectivity index is 2.43. The topological polar surface area (TPSA) is 30.7 Å². The quantitative estimate of drug-likeness (QED) is 0.804. The van der Waals surface area contributed by atoms with Crippen molar-refractivity contribution in [3.8, 4) is 11.4 Å². The fourth-order valence-electron chi connectivity index (χ4n) is 1.91. The summed E-state index contributed by atoms with van der Waals surface area (Å²) in [7, 11) is 0. The van der Waals surface area contributed by atoms with Crippen LogP contribution in [0.3, 0.4) is 0 Å². The fourth-order valence-corrected chi connectivity index (χ4v) is 2.32. The summed E-state index contributed by atoms with van der Waals surface area (Å²) in [6.07, 6.45) is 0. The molecule has 0 aliphatic rings. The summed E-state index contributed by atoms with van der Waals surface area (Å²) in [6, 6.07) is 8.43. The zero-order chi connectivity index (χ0) is 13.1. The van der Waals surface area contributed by atoms with Crippen LogP contribution in [0.5, 0.6) is 0 Å². The van der Waals surface area contributed by atoms with Crippen molar-refractivity contribution in [2.24, 2.45) is 5.92 Å². The van der Waals surface area contributed by atoms with Crippen LogP contribution in [0.2, 0.25) is 0 Å². The first-order valence-electron chi connectivity index (χ1n) is 6.17. The van der Waals surface area contributed by atoms with Gasteiger partial charge in [0, 0.05) is 12.1 Å². The van der Waals surface area contributed by atoms with Gasteiger partial charge in [0.2, 0.25) is 0 Å². The highest BCUT2D eigenvalue weighted by molar-refractivity contribution is 9.08. The minimum absolute atomic E-state index is 0.572. The van der Waals surface area contributed by atoms with Gasteiger partial charge in [0.15, 0.2) is 5.82 Å². The van der Waals surface area contributed by atoms with Gasteiger partial charge in [-0.05, 0) is 12.8 Å². The normalized spacial score (nSPS) is 11.2. The predicted molar refractivity (Wildman–Crippen MR) is 77.7 cm³/mol. The second-order valence-corrected chi connectivity index (χ2v) is 5.50. The number of benzene rings is 1. The first-order chi connectivity index (χ1) is 8.61. The van der Waals surface area contributed by atoms with Crippen molar-refractivity contribution in [2.75, 3.05) is 0 Å². The largest absolute Gasteiger partial charge is 0.310 e. The Bertz CT molecular complexity index is 514. The van der Waals surface area contributed by atoms with Gasteiger partial charge in [0.1, 0.15) is 5.82 Å². The molecule has 4 heteroatoms. The van der Waals surface area contributed by atoms with Crippen molar-refractivity contribution in [1.82, 2.24) is 14.8 Å². The standard InChI is InChI=1S/C14H18BrN3/c1-10(2)9-18-13(8-15)16-17-14(18)12-6-4-11(3)5-7-12/h4-7,10H,8-9H2,1-3H3. The van der Waals surface area contributed by atoms with E-state index in [9.17, 15) is 0 Å². The first kappa shape index (κ1) is 13.3. The van der Waals surface area contributed by atoms with E-state index in [0.717, 1.165) is 29.1 Å². The average Bonchev–Trinajstić information content (AvgIpc) is 2.72. The minimum atomic E-state index is 0.572. The van der Waals surface area contributed by atoms with Gasteiger partial charge in [-0.3, -0.25) is 0 Å². The van der Waals surface area contributed by atoms with Gasteiger partial charge < -0.3 is 4.57 Å². The van der Waals surface area contributed by atoms with Crippen molar-refractivity contribution < 1.29 is 0 Å². The zero-order valence-corrected chi connectivity index (χ0v) is 12.6. The smallest absolute Gasteiger partial charge is 0.163 e. The van der Waals surface area contributed by atoms with Crippen molar-refractivity contribution >= 4 is 15.9 Å². The van der Waals surface area contributed by atoms with Gasteiger partial charge in [-0.2, -0.15) is 0 Å². The predicted octanol–water partition coefficient (Wildman–Crippen LogP) is 3.80. The molecule has 0 bridgehead atoms. The Morgan fingerprint density at radius 3 is 2.39 bits per heavy atom. The maximum absolute atomic E-state index is 4.32. The van der Waals surface area contributed by atoms with E-state index in [1.54, 1.807) is 0 Å². The number of rotatable bonds is 4. The Labute approximate surface area is 116 Å². The van der Waals surface area contributed by atoms with E-state index in [2.05, 4.69) is 75.7 Å². The highest BCUT2D eigenvalue weighted by Crippen LogP contribution is 2.21. The molecule has 0 aliphatic carbocycles. The minimum Gasteiger partial charge on any atom is -0.310 e. The van der Waals surface area contributed by atoms with Crippen molar-refractivity contribution in [2.45, 2.75) is 32.6 Å². The lowest BCUT2D eigenvalue weighted by atomic mass is 10.1. The van der Waals surface area contributed by atoms with E-state index in [-0.39, 0.29) is 0 Å². The molecule has 0 saturated carbocycles. The van der Waals surface area contributed by atoms with E-state index in [4.69, 9.17) is 0 Å². The summed E-state index contributed by atoms with van der Waals surface area (Å²) >= 11 is 3.47. The summed E-state index contributed by atoms with van der Waals surface area (Å²) < 4.78 is 2.20. The van der Waals surface area contributed by atoms with Gasteiger partial charge in [-0.15, -0.1) is 10.2 Å². The molecule has 0 atom stereocenters. The molecule has 0 amide bonds. The van der Waals surface area contributed by atoms with E-state index in [1.165, 1.54) is 5.56 Å². The zero-order valence-electron chi connectivity index (χ0n) is 11.0. The van der Waals surface area contributed by atoms with E-state index >= 15 is 0 Å². The molecular weight excluding hydrogens is 290 g/mol. The summed E-state index contributed by atoms with van der Waals surface area (Å²) in [5.74, 6) is 2.51. The van der Waals surface area contributed by atoms with Crippen LogP contribution >= 0.6 is 15.9 Å². The summed E-state index contributed by atoms with van der Waals surface area (Å²) in [4.78, 5) is 0. The molecular formula is C14H18BrN3. The average molecular weight is 308 g/mol. The molecule has 0 saturated heterocycles. The molecule has 0 spiro atoms. The Hall–Kier alpha value is -1.16. The highest BCUT2D eigenvalue weighted by Gasteiger charge is 2.13. The highest BCUT2D eigenvalue weighted by atomic mass is 79.9. The third kappa shape index (κ3) is 2.80. The molecule has 0 N–H and O–H groups in total. The van der Waals surface area contributed by atoms with Crippen LogP contribution in [-0.2, 0) is 11.9 Å². The van der Waals surface area contributed by atoms with Gasteiger partial charge in [0.25, 0.3) is 0 Å². The lowest BCUT2D eigenvalue weighted by Gasteiger charge is -2.11. The SMILES string of the molecule is Cc1ccc(-c2nnc(CBr)n2CC(C)C)cc1. The third-order valence-corrected chi connectivity index (χ3v) is 3.31. The number of aromatic nitrogens is 3. The summed E-state index contributed by atoms with van der Waals surface area (Å²) in [5.41, 5.74) is 2.38. The Kier molecular flexibility index (Phi) is 4.17. The molecule has 3 nitrogen and oxygen atoms in total. The molecule has 18 heavy (non-hydrogen) atoms. The van der Waals surface area contributed by atoms with Crippen LogP contribution in [0.1, 0.15) is 25.2 Å². The van der Waals surface area contributed by atoms with Crippen molar-refractivity contribution in [3.63, 3.8) is 0 Å². The van der Waals surface area contributed by atoms with Crippen LogP contribution in [-0.4, -0.2) is 14.8 Å². The van der Waals surface area contributed by atoms with Crippen LogP contribution in [0.4, 0.5) is 0 Å². The number of halogens is 1. The van der Waals surface area contributed by atoms with E-state index in [1.807, 2.05) is 0 Å². The fraction of sp³-hybridized carbons (Fsp3) is 0.429. The molecule has 0 radical (unpaired) electrons. The number of hydrogen-bond acceptors (Lipinski definition) is 2. The van der Waals surface area contributed by atoms with Crippen molar-refractivity contribution in [1.29, 1.82) is 0 Å². The first-order valence-corrected chi connectivity index (χ1v) is 7.29. The summed E-state index contributed by atoms with van der Waals surface area (Å²) in [5, 5.41) is 9.31. The maximum Gasteiger partial charge on any atom is 0.163 e. The van der Waals surface area contributed by atoms with Crippen molar-refractivity contribution in [3.05, 3.63) is 35.7 Å². The lowest BCUT2D eigenvalue weighted by molar-refractivity contribution is 0.516. The molecule has 1 aromatic carbocycles. The molecule has 1 heterocycles. The third-order valence-electron chi connectivity index (χ3n) is 2.80.